The lowest BCUT2D eigenvalue weighted by atomic mass is 10.3. The first-order valence-corrected chi connectivity index (χ1v) is 5.12. The normalized spacial score (nSPS) is 10.6. The molecule has 72 valence electrons. The zero-order valence-electron chi connectivity index (χ0n) is 7.69. The number of pyridine rings is 1. The highest BCUT2D eigenvalue weighted by molar-refractivity contribution is 7.17. The average Bonchev–Trinajstić information content (AvgIpc) is 2.57. The Labute approximate surface area is 84.6 Å². The molecule has 0 amide bonds. The van der Waals surface area contributed by atoms with Gasteiger partial charge in [0.15, 0.2) is 0 Å². The lowest BCUT2D eigenvalue weighted by molar-refractivity contribution is -0.117. The fourth-order valence-corrected chi connectivity index (χ4v) is 2.14. The average molecular weight is 207 g/mol. The van der Waals surface area contributed by atoms with Gasteiger partial charge >= 0.3 is 0 Å². The van der Waals surface area contributed by atoms with Crippen LogP contribution in [0.3, 0.4) is 0 Å². The Hall–Kier alpha value is -1.42. The number of rotatable bonds is 2. The summed E-state index contributed by atoms with van der Waals surface area (Å²) >= 11 is 1.53. The Bertz CT molecular complexity index is 538. The highest BCUT2D eigenvalue weighted by Gasteiger charge is 2.04. The molecule has 0 N–H and O–H groups in total. The maximum atomic E-state index is 11.7. The number of aromatic nitrogens is 1. The number of nitrogens with zero attached hydrogens (tertiary/aromatic N) is 1. The second-order valence-electron chi connectivity index (χ2n) is 3.15. The Balaban J connectivity index is 2.62. The Morgan fingerprint density at radius 2 is 2.29 bits per heavy atom. The van der Waals surface area contributed by atoms with E-state index in [-0.39, 0.29) is 17.9 Å². The van der Waals surface area contributed by atoms with Crippen LogP contribution in [0.25, 0.3) is 10.1 Å². The molecule has 0 saturated heterocycles. The summed E-state index contributed by atoms with van der Waals surface area (Å²) in [5.41, 5.74) is -0.0843. The van der Waals surface area contributed by atoms with Crippen molar-refractivity contribution in [1.29, 1.82) is 0 Å². The van der Waals surface area contributed by atoms with E-state index < -0.39 is 0 Å². The van der Waals surface area contributed by atoms with Crippen molar-refractivity contribution in [3.8, 4) is 0 Å². The molecule has 0 aromatic carbocycles. The van der Waals surface area contributed by atoms with Crippen molar-refractivity contribution in [2.45, 2.75) is 13.5 Å². The first-order valence-electron chi connectivity index (χ1n) is 4.24. The molecule has 0 bridgehead atoms. The number of thiophene rings is 1. The predicted octanol–water partition coefficient (Wildman–Crippen LogP) is 1.65. The van der Waals surface area contributed by atoms with Gasteiger partial charge < -0.3 is 4.57 Å². The van der Waals surface area contributed by atoms with E-state index in [0.29, 0.717) is 5.39 Å². The maximum Gasteiger partial charge on any atom is 0.259 e. The van der Waals surface area contributed by atoms with Crippen LogP contribution < -0.4 is 5.56 Å². The molecule has 2 aromatic heterocycles. The molecule has 2 rings (SSSR count). The summed E-state index contributed by atoms with van der Waals surface area (Å²) in [6.07, 6.45) is 1.67. The topological polar surface area (TPSA) is 39.1 Å². The van der Waals surface area contributed by atoms with Gasteiger partial charge in [-0.2, -0.15) is 0 Å². The van der Waals surface area contributed by atoms with Crippen molar-refractivity contribution in [1.82, 2.24) is 4.57 Å². The van der Waals surface area contributed by atoms with Crippen LogP contribution in [0.15, 0.2) is 28.5 Å². The van der Waals surface area contributed by atoms with Crippen LogP contribution in [-0.4, -0.2) is 10.4 Å². The third-order valence-corrected chi connectivity index (χ3v) is 2.87. The lowest BCUT2D eigenvalue weighted by Gasteiger charge is -2.01. The lowest BCUT2D eigenvalue weighted by Crippen LogP contribution is -2.21. The van der Waals surface area contributed by atoms with Gasteiger partial charge in [-0.1, -0.05) is 0 Å². The monoisotopic (exact) mass is 207 g/mol. The fraction of sp³-hybridized carbons (Fsp3) is 0.200. The van der Waals surface area contributed by atoms with Crippen molar-refractivity contribution in [3.63, 3.8) is 0 Å². The van der Waals surface area contributed by atoms with Gasteiger partial charge in [0.1, 0.15) is 5.78 Å². The Morgan fingerprint density at radius 3 is 3.00 bits per heavy atom. The van der Waals surface area contributed by atoms with Crippen molar-refractivity contribution in [2.75, 3.05) is 0 Å². The predicted molar refractivity (Wildman–Crippen MR) is 56.8 cm³/mol. The minimum absolute atomic E-state index is 0.0123. The van der Waals surface area contributed by atoms with Gasteiger partial charge in [0, 0.05) is 10.9 Å². The molecule has 0 aliphatic carbocycles. The van der Waals surface area contributed by atoms with E-state index in [1.807, 2.05) is 11.4 Å². The molecule has 0 aliphatic heterocycles. The molecule has 0 spiro atoms. The van der Waals surface area contributed by atoms with Crippen LogP contribution in [-0.2, 0) is 11.3 Å². The number of carbonyl (C=O) groups excluding carboxylic acids is 1. The Morgan fingerprint density at radius 1 is 1.50 bits per heavy atom. The van der Waals surface area contributed by atoms with Crippen LogP contribution >= 0.6 is 11.3 Å². The summed E-state index contributed by atoms with van der Waals surface area (Å²) in [6, 6.07) is 3.66. The summed E-state index contributed by atoms with van der Waals surface area (Å²) in [7, 11) is 0. The van der Waals surface area contributed by atoms with Crippen molar-refractivity contribution < 1.29 is 4.79 Å². The molecule has 4 heteroatoms. The van der Waals surface area contributed by atoms with Gasteiger partial charge in [-0.25, -0.2) is 0 Å². The zero-order valence-corrected chi connectivity index (χ0v) is 8.50. The number of fused-ring (bicyclic) bond motifs is 1. The van der Waals surface area contributed by atoms with Gasteiger partial charge in [0.05, 0.1) is 11.9 Å². The third-order valence-electron chi connectivity index (χ3n) is 1.99. The number of carbonyl (C=O) groups is 1. The zero-order chi connectivity index (χ0) is 10.1. The van der Waals surface area contributed by atoms with E-state index in [2.05, 4.69) is 0 Å². The molecule has 0 aliphatic rings. The van der Waals surface area contributed by atoms with Gasteiger partial charge in [0.25, 0.3) is 5.56 Å². The number of ketones is 1. The molecule has 14 heavy (non-hydrogen) atoms. The SMILES string of the molecule is CC(=O)Cn1ccc2sccc2c1=O. The van der Waals surface area contributed by atoms with Crippen LogP contribution in [0.1, 0.15) is 6.92 Å². The molecule has 2 aromatic rings. The minimum atomic E-state index is -0.0843. The quantitative estimate of drug-likeness (QED) is 0.751. The molecule has 3 nitrogen and oxygen atoms in total. The van der Waals surface area contributed by atoms with E-state index in [1.165, 1.54) is 22.8 Å². The summed E-state index contributed by atoms with van der Waals surface area (Å²) in [5.74, 6) is -0.0123. The maximum absolute atomic E-state index is 11.7. The van der Waals surface area contributed by atoms with Crippen LogP contribution in [0.4, 0.5) is 0 Å². The standard InChI is InChI=1S/C10H9NO2S/c1-7(12)6-11-4-2-9-8(10(11)13)3-5-14-9/h2-5H,6H2,1H3. The summed E-state index contributed by atoms with van der Waals surface area (Å²) < 4.78 is 2.41. The first-order chi connectivity index (χ1) is 6.68. The molecule has 0 radical (unpaired) electrons. The van der Waals surface area contributed by atoms with Gasteiger partial charge in [-0.05, 0) is 24.4 Å². The van der Waals surface area contributed by atoms with E-state index in [1.54, 1.807) is 12.3 Å². The third kappa shape index (κ3) is 1.48. The molecule has 0 fully saturated rings. The van der Waals surface area contributed by atoms with Gasteiger partial charge in [-0.3, -0.25) is 9.59 Å². The van der Waals surface area contributed by atoms with Crippen molar-refractivity contribution >= 4 is 27.2 Å². The molecule has 2 heterocycles. The molecule has 0 atom stereocenters. The second-order valence-corrected chi connectivity index (χ2v) is 4.10. The first kappa shape index (κ1) is 9.15. The smallest absolute Gasteiger partial charge is 0.259 e. The second kappa shape index (κ2) is 3.38. The van der Waals surface area contributed by atoms with Gasteiger partial charge in [0.2, 0.25) is 0 Å². The van der Waals surface area contributed by atoms with Crippen molar-refractivity contribution in [2.24, 2.45) is 0 Å². The van der Waals surface area contributed by atoms with E-state index in [9.17, 15) is 9.59 Å². The molecule has 0 unspecified atom stereocenters. The van der Waals surface area contributed by atoms with E-state index >= 15 is 0 Å². The Kier molecular flexibility index (Phi) is 2.21. The van der Waals surface area contributed by atoms with Crippen molar-refractivity contribution in [3.05, 3.63) is 34.1 Å². The van der Waals surface area contributed by atoms with Crippen LogP contribution in [0.2, 0.25) is 0 Å². The number of hydrogen-bond donors (Lipinski definition) is 0. The summed E-state index contributed by atoms with van der Waals surface area (Å²) in [6.45, 7) is 1.63. The summed E-state index contributed by atoms with van der Waals surface area (Å²) in [4.78, 5) is 22.6. The number of hydrogen-bond acceptors (Lipinski definition) is 3. The van der Waals surface area contributed by atoms with E-state index in [0.717, 1.165) is 4.70 Å². The largest absolute Gasteiger partial charge is 0.308 e. The number of Topliss-reactive ketones (excluding diaryl/α,β-unsaturated/α-hetero) is 1. The molecule has 0 saturated carbocycles. The minimum Gasteiger partial charge on any atom is -0.308 e. The molecular weight excluding hydrogens is 198 g/mol. The highest BCUT2D eigenvalue weighted by atomic mass is 32.1. The van der Waals surface area contributed by atoms with Gasteiger partial charge in [-0.15, -0.1) is 11.3 Å². The summed E-state index contributed by atoms with van der Waals surface area (Å²) in [5, 5.41) is 2.57. The molecular formula is C10H9NO2S. The highest BCUT2D eigenvalue weighted by Crippen LogP contribution is 2.15. The fourth-order valence-electron chi connectivity index (χ4n) is 1.37. The van der Waals surface area contributed by atoms with Crippen LogP contribution in [0.5, 0.6) is 0 Å². The van der Waals surface area contributed by atoms with Crippen LogP contribution in [0, 0.1) is 0 Å². The van der Waals surface area contributed by atoms with E-state index in [4.69, 9.17) is 0 Å².